The summed E-state index contributed by atoms with van der Waals surface area (Å²) in [6, 6.07) is 6.75. The third-order valence-electron chi connectivity index (χ3n) is 7.15. The lowest BCUT2D eigenvalue weighted by molar-refractivity contribution is -0.123. The van der Waals surface area contributed by atoms with Crippen LogP contribution in [0.1, 0.15) is 105 Å². The Morgan fingerprint density at radius 3 is 2.13 bits per heavy atom. The number of hydrogen-bond acceptors (Lipinski definition) is 2. The van der Waals surface area contributed by atoms with E-state index in [0.717, 1.165) is 18.5 Å². The molecule has 3 nitrogen and oxygen atoms in total. The summed E-state index contributed by atoms with van der Waals surface area (Å²) < 4.78 is 6.78. The number of nitrogens with one attached hydrogen (secondary N) is 1. The molecule has 31 heavy (non-hydrogen) atoms. The highest BCUT2D eigenvalue weighted by Gasteiger charge is 2.40. The highest BCUT2D eigenvalue weighted by molar-refractivity contribution is 6.74. The van der Waals surface area contributed by atoms with Crippen LogP contribution in [0.4, 0.5) is 5.69 Å². The molecule has 1 aliphatic carbocycles. The smallest absolute Gasteiger partial charge is 0.229 e. The summed E-state index contributed by atoms with van der Waals surface area (Å²) in [5.41, 5.74) is 3.05. The number of hydrogen-bond donors (Lipinski definition) is 1. The van der Waals surface area contributed by atoms with Gasteiger partial charge in [0.1, 0.15) is 0 Å². The Hall–Kier alpha value is -1.13. The topological polar surface area (TPSA) is 38.3 Å². The van der Waals surface area contributed by atoms with Gasteiger partial charge in [-0.05, 0) is 65.9 Å². The zero-order valence-corrected chi connectivity index (χ0v) is 23.0. The van der Waals surface area contributed by atoms with Gasteiger partial charge >= 0.3 is 0 Å². The molecule has 0 saturated heterocycles. The molecule has 2 unspecified atom stereocenters. The zero-order chi connectivity index (χ0) is 23.8. The van der Waals surface area contributed by atoms with Crippen molar-refractivity contribution in [2.75, 3.05) is 5.32 Å². The van der Waals surface area contributed by atoms with Crippen LogP contribution in [-0.2, 0) is 14.6 Å². The van der Waals surface area contributed by atoms with E-state index in [4.69, 9.17) is 4.43 Å². The first-order valence-corrected chi connectivity index (χ1v) is 15.0. The van der Waals surface area contributed by atoms with Crippen LogP contribution in [0, 0.1) is 5.41 Å². The van der Waals surface area contributed by atoms with Gasteiger partial charge in [0, 0.05) is 17.2 Å². The summed E-state index contributed by atoms with van der Waals surface area (Å²) in [6.45, 7) is 24.2. The van der Waals surface area contributed by atoms with Gasteiger partial charge in [0.2, 0.25) is 5.91 Å². The molecule has 1 saturated carbocycles. The van der Waals surface area contributed by atoms with Gasteiger partial charge in [0.25, 0.3) is 0 Å². The Bertz CT molecular complexity index is 778. The Morgan fingerprint density at radius 1 is 1.00 bits per heavy atom. The van der Waals surface area contributed by atoms with Crippen molar-refractivity contribution in [2.24, 2.45) is 5.41 Å². The number of carbonyl (C=O) groups excluding carboxylic acids is 1. The molecule has 0 aliphatic heterocycles. The van der Waals surface area contributed by atoms with Crippen LogP contribution in [0.25, 0.3) is 0 Å². The molecule has 1 aromatic rings. The van der Waals surface area contributed by atoms with Crippen LogP contribution < -0.4 is 5.32 Å². The molecule has 2 atom stereocenters. The average Bonchev–Trinajstić information content (AvgIpc) is 2.58. The first-order valence-electron chi connectivity index (χ1n) is 12.1. The van der Waals surface area contributed by atoms with Crippen LogP contribution in [0.5, 0.6) is 0 Å². The maximum absolute atomic E-state index is 12.8. The molecule has 2 rings (SSSR count). The van der Waals surface area contributed by atoms with E-state index in [2.05, 4.69) is 78.2 Å². The standard InChI is InChI=1S/C27H47NO2Si/c1-25(2,3)22-16-15-20(18-23(22)28-24(29)26(4,5)6)19-13-12-14-21(17-19)30-31(10,11)27(7,8)9/h15-16,18-19,21H,12-14,17H2,1-11H3,(H,28,29). The second-order valence-electron chi connectivity index (χ2n) is 13.1. The first kappa shape index (κ1) is 26.1. The summed E-state index contributed by atoms with van der Waals surface area (Å²) in [4.78, 5) is 12.8. The van der Waals surface area contributed by atoms with Crippen molar-refractivity contribution < 1.29 is 9.22 Å². The lowest BCUT2D eigenvalue weighted by Crippen LogP contribution is -2.44. The number of benzene rings is 1. The van der Waals surface area contributed by atoms with Crippen LogP contribution in [0.3, 0.4) is 0 Å². The summed E-state index contributed by atoms with van der Waals surface area (Å²) in [6.07, 6.45) is 4.98. The van der Waals surface area contributed by atoms with Crippen molar-refractivity contribution in [1.29, 1.82) is 0 Å². The van der Waals surface area contributed by atoms with E-state index in [0.29, 0.717) is 12.0 Å². The number of amides is 1. The number of rotatable bonds is 4. The Morgan fingerprint density at radius 2 is 1.61 bits per heavy atom. The molecule has 0 bridgehead atoms. The molecule has 1 amide bonds. The first-order chi connectivity index (χ1) is 13.9. The minimum absolute atomic E-state index is 0.0282. The Labute approximate surface area is 192 Å². The van der Waals surface area contributed by atoms with Crippen molar-refractivity contribution in [3.05, 3.63) is 29.3 Å². The quantitative estimate of drug-likeness (QED) is 0.476. The average molecular weight is 446 g/mol. The van der Waals surface area contributed by atoms with Crippen molar-refractivity contribution in [2.45, 2.75) is 124 Å². The third kappa shape index (κ3) is 6.68. The van der Waals surface area contributed by atoms with Gasteiger partial charge in [-0.2, -0.15) is 0 Å². The van der Waals surface area contributed by atoms with E-state index < -0.39 is 13.7 Å². The predicted octanol–water partition coefficient (Wildman–Crippen LogP) is 8.02. The van der Waals surface area contributed by atoms with Crippen molar-refractivity contribution in [3.63, 3.8) is 0 Å². The molecule has 176 valence electrons. The van der Waals surface area contributed by atoms with Crippen molar-refractivity contribution >= 4 is 19.9 Å². The van der Waals surface area contributed by atoms with Gasteiger partial charge < -0.3 is 9.74 Å². The minimum atomic E-state index is -1.77. The van der Waals surface area contributed by atoms with Crippen LogP contribution in [0.2, 0.25) is 18.1 Å². The molecule has 0 radical (unpaired) electrons. The van der Waals surface area contributed by atoms with Gasteiger partial charge in [0.15, 0.2) is 8.32 Å². The Kier molecular flexibility index (Phi) is 7.60. The molecule has 1 N–H and O–H groups in total. The van der Waals surface area contributed by atoms with E-state index in [1.807, 2.05) is 20.8 Å². The third-order valence-corrected chi connectivity index (χ3v) is 11.7. The lowest BCUT2D eigenvalue weighted by Gasteiger charge is -2.41. The maximum Gasteiger partial charge on any atom is 0.229 e. The molecule has 0 spiro atoms. The second-order valence-corrected chi connectivity index (χ2v) is 17.9. The molecule has 1 aromatic carbocycles. The lowest BCUT2D eigenvalue weighted by atomic mass is 9.79. The highest BCUT2D eigenvalue weighted by atomic mass is 28.4. The second kappa shape index (κ2) is 9.01. The SMILES string of the molecule is CC(C)(C)C(=O)Nc1cc(C2CCCC(O[Si](C)(C)C(C)(C)C)C2)ccc1C(C)(C)C. The molecular weight excluding hydrogens is 398 g/mol. The summed E-state index contributed by atoms with van der Waals surface area (Å²) in [7, 11) is -1.77. The number of anilines is 1. The van der Waals surface area contributed by atoms with Crippen molar-refractivity contribution in [1.82, 2.24) is 0 Å². The van der Waals surface area contributed by atoms with Crippen LogP contribution in [0.15, 0.2) is 18.2 Å². The van der Waals surface area contributed by atoms with E-state index in [1.165, 1.54) is 24.0 Å². The molecule has 1 aliphatic rings. The van der Waals surface area contributed by atoms with Gasteiger partial charge in [-0.25, -0.2) is 0 Å². The van der Waals surface area contributed by atoms with Gasteiger partial charge in [-0.1, -0.05) is 80.9 Å². The molecular formula is C27H47NO2Si. The van der Waals surface area contributed by atoms with Crippen LogP contribution in [-0.4, -0.2) is 20.3 Å². The fourth-order valence-corrected chi connectivity index (χ4v) is 5.43. The maximum atomic E-state index is 12.8. The van der Waals surface area contributed by atoms with Gasteiger partial charge in [0.05, 0.1) is 0 Å². The minimum Gasteiger partial charge on any atom is -0.414 e. The molecule has 1 fully saturated rings. The normalized spacial score (nSPS) is 21.1. The molecule has 4 heteroatoms. The van der Waals surface area contributed by atoms with Gasteiger partial charge in [-0.3, -0.25) is 4.79 Å². The van der Waals surface area contributed by atoms with Crippen molar-refractivity contribution in [3.8, 4) is 0 Å². The van der Waals surface area contributed by atoms with E-state index in [-0.39, 0.29) is 16.4 Å². The predicted molar refractivity (Wildman–Crippen MR) is 137 cm³/mol. The summed E-state index contributed by atoms with van der Waals surface area (Å²) in [5, 5.41) is 3.48. The largest absolute Gasteiger partial charge is 0.414 e. The van der Waals surface area contributed by atoms with Crippen LogP contribution >= 0.6 is 0 Å². The monoisotopic (exact) mass is 445 g/mol. The van der Waals surface area contributed by atoms with E-state index in [9.17, 15) is 4.79 Å². The zero-order valence-electron chi connectivity index (χ0n) is 22.0. The summed E-state index contributed by atoms with van der Waals surface area (Å²) in [5.74, 6) is 0.556. The van der Waals surface area contributed by atoms with E-state index >= 15 is 0 Å². The molecule has 0 heterocycles. The fraction of sp³-hybridized carbons (Fsp3) is 0.741. The van der Waals surface area contributed by atoms with E-state index in [1.54, 1.807) is 0 Å². The number of carbonyl (C=O) groups is 1. The summed E-state index contributed by atoms with van der Waals surface area (Å²) >= 11 is 0. The fourth-order valence-electron chi connectivity index (χ4n) is 4.03. The highest BCUT2D eigenvalue weighted by Crippen LogP contribution is 2.42. The Balaban J connectivity index is 2.29. The van der Waals surface area contributed by atoms with Gasteiger partial charge in [-0.15, -0.1) is 0 Å². The molecule has 0 aromatic heterocycles.